The number of rotatable bonds is 7. The number of hydrogen-bond donors (Lipinski definition) is 0. The second-order valence-electron chi connectivity index (χ2n) is 6.71. The molecule has 0 aromatic heterocycles. The molecule has 0 spiro atoms. The maximum Gasteiger partial charge on any atom is 0.254 e. The smallest absolute Gasteiger partial charge is 0.254 e. The molecule has 0 N–H and O–H groups in total. The number of nitrogens with zero attached hydrogens (tertiary/aromatic N) is 1. The van der Waals surface area contributed by atoms with Gasteiger partial charge in [-0.1, -0.05) is 12.1 Å². The van der Waals surface area contributed by atoms with Crippen molar-refractivity contribution in [1.29, 1.82) is 0 Å². The van der Waals surface area contributed by atoms with Crippen LogP contribution in [0.4, 0.5) is 4.39 Å². The first-order valence-corrected chi connectivity index (χ1v) is 8.81. The van der Waals surface area contributed by atoms with Crippen LogP contribution in [-0.4, -0.2) is 31.1 Å². The van der Waals surface area contributed by atoms with E-state index in [0.717, 1.165) is 24.2 Å². The summed E-state index contributed by atoms with van der Waals surface area (Å²) in [5.41, 5.74) is 1.35. The highest BCUT2D eigenvalue weighted by molar-refractivity contribution is 5.94. The van der Waals surface area contributed by atoms with E-state index >= 15 is 0 Å². The Kier molecular flexibility index (Phi) is 5.45. The minimum absolute atomic E-state index is 0.106. The van der Waals surface area contributed by atoms with Crippen LogP contribution in [0, 0.1) is 11.7 Å². The van der Waals surface area contributed by atoms with Crippen LogP contribution in [-0.2, 0) is 6.54 Å². The van der Waals surface area contributed by atoms with Crippen LogP contribution in [0.25, 0.3) is 0 Å². The lowest BCUT2D eigenvalue weighted by Gasteiger charge is -2.30. The molecule has 1 amide bonds. The Hall–Kier alpha value is -2.56. The molecule has 1 saturated carbocycles. The summed E-state index contributed by atoms with van der Waals surface area (Å²) in [5.74, 6) is 0.737. The van der Waals surface area contributed by atoms with E-state index < -0.39 is 5.82 Å². The van der Waals surface area contributed by atoms with Crippen molar-refractivity contribution in [2.75, 3.05) is 14.2 Å². The zero-order chi connectivity index (χ0) is 18.7. The molecule has 1 fully saturated rings. The number of ether oxygens (including phenoxy) is 2. The summed E-state index contributed by atoms with van der Waals surface area (Å²) in [6.07, 6.45) is 2.26. The zero-order valence-electron chi connectivity index (χ0n) is 15.4. The molecule has 0 aliphatic heterocycles. The van der Waals surface area contributed by atoms with Crippen molar-refractivity contribution in [3.8, 4) is 11.5 Å². The molecular formula is C21H24FNO3. The van der Waals surface area contributed by atoms with Crippen LogP contribution in [0.15, 0.2) is 42.5 Å². The van der Waals surface area contributed by atoms with Gasteiger partial charge in [-0.2, -0.15) is 0 Å². The minimum Gasteiger partial charge on any atom is -0.497 e. The van der Waals surface area contributed by atoms with Crippen molar-refractivity contribution in [2.24, 2.45) is 5.92 Å². The topological polar surface area (TPSA) is 38.8 Å². The molecule has 0 saturated heterocycles. The fourth-order valence-corrected chi connectivity index (χ4v) is 3.13. The van der Waals surface area contributed by atoms with E-state index in [-0.39, 0.29) is 17.7 Å². The molecule has 26 heavy (non-hydrogen) atoms. The van der Waals surface area contributed by atoms with Gasteiger partial charge < -0.3 is 14.4 Å². The van der Waals surface area contributed by atoms with Gasteiger partial charge in [-0.05, 0) is 61.6 Å². The first-order chi connectivity index (χ1) is 12.5. The third-order valence-corrected chi connectivity index (χ3v) is 4.97. The SMILES string of the molecule is COc1ccc(CN(C(=O)c2ccc(OC)c(F)c2)C(C)C2CC2)cc1. The van der Waals surface area contributed by atoms with Crippen molar-refractivity contribution in [1.82, 2.24) is 4.90 Å². The van der Waals surface area contributed by atoms with Gasteiger partial charge >= 0.3 is 0 Å². The lowest BCUT2D eigenvalue weighted by Crippen LogP contribution is -2.39. The van der Waals surface area contributed by atoms with Crippen molar-refractivity contribution in [3.63, 3.8) is 0 Å². The Labute approximate surface area is 153 Å². The Morgan fingerprint density at radius 2 is 1.85 bits per heavy atom. The molecule has 138 valence electrons. The highest BCUT2D eigenvalue weighted by Gasteiger charge is 2.34. The lowest BCUT2D eigenvalue weighted by molar-refractivity contribution is 0.0653. The van der Waals surface area contributed by atoms with Crippen molar-refractivity contribution >= 4 is 5.91 Å². The largest absolute Gasteiger partial charge is 0.497 e. The predicted molar refractivity (Wildman–Crippen MR) is 98.0 cm³/mol. The zero-order valence-corrected chi connectivity index (χ0v) is 15.4. The van der Waals surface area contributed by atoms with Gasteiger partial charge in [-0.25, -0.2) is 4.39 Å². The maximum atomic E-state index is 14.0. The van der Waals surface area contributed by atoms with E-state index in [1.165, 1.54) is 19.2 Å². The fourth-order valence-electron chi connectivity index (χ4n) is 3.13. The minimum atomic E-state index is -0.526. The monoisotopic (exact) mass is 357 g/mol. The van der Waals surface area contributed by atoms with Crippen LogP contribution < -0.4 is 9.47 Å². The average Bonchev–Trinajstić information content (AvgIpc) is 3.50. The molecule has 0 bridgehead atoms. The predicted octanol–water partition coefficient (Wildman–Crippen LogP) is 4.28. The first kappa shape index (κ1) is 18.2. The van der Waals surface area contributed by atoms with E-state index in [4.69, 9.17) is 9.47 Å². The molecule has 1 atom stereocenters. The summed E-state index contributed by atoms with van der Waals surface area (Å²) in [6.45, 7) is 2.55. The van der Waals surface area contributed by atoms with E-state index in [2.05, 4.69) is 6.92 Å². The Balaban J connectivity index is 1.84. The molecular weight excluding hydrogens is 333 g/mol. The molecule has 5 heteroatoms. The quantitative estimate of drug-likeness (QED) is 0.742. The van der Waals surface area contributed by atoms with E-state index in [1.54, 1.807) is 13.2 Å². The van der Waals surface area contributed by atoms with E-state index in [1.807, 2.05) is 29.2 Å². The number of carbonyl (C=O) groups is 1. The molecule has 2 aromatic rings. The number of benzene rings is 2. The summed E-state index contributed by atoms with van der Waals surface area (Å²) in [4.78, 5) is 14.9. The highest BCUT2D eigenvalue weighted by atomic mass is 19.1. The first-order valence-electron chi connectivity index (χ1n) is 8.81. The summed E-state index contributed by atoms with van der Waals surface area (Å²) >= 11 is 0. The number of hydrogen-bond acceptors (Lipinski definition) is 3. The number of carbonyl (C=O) groups excluding carboxylic acids is 1. The second kappa shape index (κ2) is 7.77. The summed E-state index contributed by atoms with van der Waals surface area (Å²) < 4.78 is 24.2. The maximum absolute atomic E-state index is 14.0. The molecule has 2 aromatic carbocycles. The van der Waals surface area contributed by atoms with E-state index in [9.17, 15) is 9.18 Å². The summed E-state index contributed by atoms with van der Waals surface area (Å²) in [6, 6.07) is 12.1. The van der Waals surface area contributed by atoms with E-state index in [0.29, 0.717) is 18.0 Å². The normalized spacial score (nSPS) is 14.6. The van der Waals surface area contributed by atoms with Crippen LogP contribution in [0.5, 0.6) is 11.5 Å². The van der Waals surface area contributed by atoms with Gasteiger partial charge in [0.15, 0.2) is 11.6 Å². The van der Waals surface area contributed by atoms with Crippen molar-refractivity contribution < 1.29 is 18.7 Å². The van der Waals surface area contributed by atoms with Crippen LogP contribution >= 0.6 is 0 Å². The molecule has 1 aliphatic rings. The Morgan fingerprint density at radius 1 is 1.15 bits per heavy atom. The molecule has 1 aliphatic carbocycles. The fraction of sp³-hybridized carbons (Fsp3) is 0.381. The molecule has 1 unspecified atom stereocenters. The number of amides is 1. The van der Waals surface area contributed by atoms with Crippen LogP contribution in [0.2, 0.25) is 0 Å². The molecule has 4 nitrogen and oxygen atoms in total. The Bertz CT molecular complexity index is 771. The highest BCUT2D eigenvalue weighted by Crippen LogP contribution is 2.36. The lowest BCUT2D eigenvalue weighted by atomic mass is 10.1. The van der Waals surface area contributed by atoms with Gasteiger partial charge in [0.2, 0.25) is 0 Å². The van der Waals surface area contributed by atoms with Gasteiger partial charge in [0, 0.05) is 18.2 Å². The third kappa shape index (κ3) is 3.98. The Morgan fingerprint density at radius 3 is 2.38 bits per heavy atom. The van der Waals surface area contributed by atoms with Gasteiger partial charge in [0.25, 0.3) is 5.91 Å². The van der Waals surface area contributed by atoms with Crippen LogP contribution in [0.3, 0.4) is 0 Å². The summed E-state index contributed by atoms with van der Waals surface area (Å²) in [7, 11) is 3.03. The molecule has 0 radical (unpaired) electrons. The third-order valence-electron chi connectivity index (χ3n) is 4.97. The van der Waals surface area contributed by atoms with Crippen LogP contribution in [0.1, 0.15) is 35.7 Å². The van der Waals surface area contributed by atoms with Crippen molar-refractivity contribution in [3.05, 3.63) is 59.4 Å². The summed E-state index contributed by atoms with van der Waals surface area (Å²) in [5, 5.41) is 0. The van der Waals surface area contributed by atoms with Crippen molar-refractivity contribution in [2.45, 2.75) is 32.4 Å². The standard InChI is InChI=1S/C21H24FNO3/c1-14(16-6-7-16)23(13-15-4-9-18(25-2)10-5-15)21(24)17-8-11-20(26-3)19(22)12-17/h4-5,8-12,14,16H,6-7,13H2,1-3H3. The number of methoxy groups -OCH3 is 2. The van der Waals surface area contributed by atoms with Gasteiger partial charge in [-0.15, -0.1) is 0 Å². The average molecular weight is 357 g/mol. The number of halogens is 1. The molecule has 0 heterocycles. The second-order valence-corrected chi connectivity index (χ2v) is 6.71. The van der Waals surface area contributed by atoms with Gasteiger partial charge in [-0.3, -0.25) is 4.79 Å². The van der Waals surface area contributed by atoms with Gasteiger partial charge in [0.1, 0.15) is 5.75 Å². The molecule has 3 rings (SSSR count). The van der Waals surface area contributed by atoms with Gasteiger partial charge in [0.05, 0.1) is 14.2 Å².